The summed E-state index contributed by atoms with van der Waals surface area (Å²) in [6.45, 7) is 0. The van der Waals surface area contributed by atoms with Gasteiger partial charge in [0.25, 0.3) is 0 Å². The van der Waals surface area contributed by atoms with E-state index >= 15 is 0 Å². The number of rotatable bonds is 7. The van der Waals surface area contributed by atoms with Gasteiger partial charge in [0.1, 0.15) is 5.82 Å². The molecule has 1 unspecified atom stereocenters. The summed E-state index contributed by atoms with van der Waals surface area (Å²) < 4.78 is 13.5. The third-order valence-electron chi connectivity index (χ3n) is 5.10. The fourth-order valence-corrected chi connectivity index (χ4v) is 3.85. The molecule has 4 nitrogen and oxygen atoms in total. The number of carboxylic acids is 1. The van der Waals surface area contributed by atoms with Crippen LogP contribution in [0.3, 0.4) is 0 Å². The lowest BCUT2D eigenvalue weighted by Gasteiger charge is -2.23. The Morgan fingerprint density at radius 1 is 1.03 bits per heavy atom. The summed E-state index contributed by atoms with van der Waals surface area (Å²) in [5, 5.41) is 14.0. The van der Waals surface area contributed by atoms with Crippen molar-refractivity contribution in [2.45, 2.75) is 18.9 Å². The van der Waals surface area contributed by atoms with Gasteiger partial charge >= 0.3 is 5.97 Å². The maximum Gasteiger partial charge on any atom is 0.303 e. The molecule has 0 radical (unpaired) electrons. The standard InChI is InChI=1S/C24H20ClFN2O2/c25-22-20(11-6-17-13-14-27-24(17)22)23(16-4-7-18(26)8-5-16)28-19-9-1-15(2-10-19)3-12-21(29)30/h1-2,4-11,13-14,23,27-28H,3,12H2,(H,29,30). The second kappa shape index (κ2) is 8.59. The fraction of sp³-hybridized carbons (Fsp3) is 0.125. The number of aromatic nitrogens is 1. The van der Waals surface area contributed by atoms with Crippen LogP contribution in [0.5, 0.6) is 0 Å². The van der Waals surface area contributed by atoms with Crippen molar-refractivity contribution in [3.05, 3.63) is 100 Å². The van der Waals surface area contributed by atoms with Crippen molar-refractivity contribution in [1.82, 2.24) is 4.98 Å². The molecular formula is C24H20ClFN2O2. The number of aliphatic carboxylic acids is 1. The highest BCUT2D eigenvalue weighted by atomic mass is 35.5. The molecule has 4 aromatic rings. The van der Waals surface area contributed by atoms with Crippen LogP contribution < -0.4 is 5.32 Å². The summed E-state index contributed by atoms with van der Waals surface area (Å²) in [6.07, 6.45) is 2.42. The van der Waals surface area contributed by atoms with Gasteiger partial charge in [-0.05, 0) is 53.4 Å². The minimum absolute atomic E-state index is 0.0940. The van der Waals surface area contributed by atoms with Crippen molar-refractivity contribution in [2.75, 3.05) is 5.32 Å². The van der Waals surface area contributed by atoms with Crippen LogP contribution in [0.4, 0.5) is 10.1 Å². The Bertz CT molecular complexity index is 1170. The molecule has 1 atom stereocenters. The third kappa shape index (κ3) is 4.31. The number of hydrogen-bond acceptors (Lipinski definition) is 2. The van der Waals surface area contributed by atoms with Crippen LogP contribution in [0.2, 0.25) is 5.02 Å². The van der Waals surface area contributed by atoms with Crippen LogP contribution in [-0.2, 0) is 11.2 Å². The molecule has 0 saturated heterocycles. The normalized spacial score (nSPS) is 12.1. The Morgan fingerprint density at radius 2 is 1.77 bits per heavy atom. The van der Waals surface area contributed by atoms with Gasteiger partial charge in [-0.2, -0.15) is 0 Å². The minimum Gasteiger partial charge on any atom is -0.481 e. The molecule has 0 bridgehead atoms. The van der Waals surface area contributed by atoms with Crippen LogP contribution in [0, 0.1) is 5.82 Å². The van der Waals surface area contributed by atoms with E-state index in [2.05, 4.69) is 10.3 Å². The summed E-state index contributed by atoms with van der Waals surface area (Å²) in [7, 11) is 0. The first kappa shape index (κ1) is 20.0. The van der Waals surface area contributed by atoms with Crippen LogP contribution in [0.15, 0.2) is 72.9 Å². The molecule has 0 saturated carbocycles. The Labute approximate surface area is 178 Å². The molecule has 3 N–H and O–H groups in total. The van der Waals surface area contributed by atoms with E-state index in [-0.39, 0.29) is 18.3 Å². The zero-order valence-electron chi connectivity index (χ0n) is 16.0. The number of benzene rings is 3. The molecule has 0 aliphatic heterocycles. The Balaban J connectivity index is 1.68. The predicted molar refractivity (Wildman–Crippen MR) is 118 cm³/mol. The van der Waals surface area contributed by atoms with Gasteiger partial charge < -0.3 is 15.4 Å². The largest absolute Gasteiger partial charge is 0.481 e. The Morgan fingerprint density at radius 3 is 2.47 bits per heavy atom. The average molecular weight is 423 g/mol. The van der Waals surface area contributed by atoms with Crippen LogP contribution in [0.1, 0.15) is 29.2 Å². The summed E-state index contributed by atoms with van der Waals surface area (Å²) in [6, 6.07) is 19.6. The molecule has 0 amide bonds. The highest BCUT2D eigenvalue weighted by Crippen LogP contribution is 2.35. The molecule has 30 heavy (non-hydrogen) atoms. The van der Waals surface area contributed by atoms with E-state index in [0.717, 1.165) is 33.3 Å². The number of carboxylic acid groups (broad SMARTS) is 1. The number of nitrogens with one attached hydrogen (secondary N) is 2. The van der Waals surface area contributed by atoms with Gasteiger partial charge in [0.2, 0.25) is 0 Å². The number of H-pyrrole nitrogens is 1. The molecule has 4 rings (SSSR count). The summed E-state index contributed by atoms with van der Waals surface area (Å²) in [5.74, 6) is -1.12. The molecule has 3 aromatic carbocycles. The topological polar surface area (TPSA) is 65.1 Å². The molecule has 1 heterocycles. The predicted octanol–water partition coefficient (Wildman–Crippen LogP) is 6.18. The molecule has 0 aliphatic rings. The highest BCUT2D eigenvalue weighted by molar-refractivity contribution is 6.36. The number of fused-ring (bicyclic) bond motifs is 1. The van der Waals surface area contributed by atoms with E-state index in [1.807, 2.05) is 48.7 Å². The number of aromatic amines is 1. The van der Waals surface area contributed by atoms with Crippen molar-refractivity contribution in [3.8, 4) is 0 Å². The summed E-state index contributed by atoms with van der Waals surface area (Å²) in [5.41, 5.74) is 4.40. The Kier molecular flexibility index (Phi) is 5.72. The molecule has 1 aromatic heterocycles. The maximum absolute atomic E-state index is 13.5. The number of anilines is 1. The smallest absolute Gasteiger partial charge is 0.303 e. The lowest BCUT2D eigenvalue weighted by Crippen LogP contribution is -2.13. The monoisotopic (exact) mass is 422 g/mol. The van der Waals surface area contributed by atoms with E-state index in [0.29, 0.717) is 11.4 Å². The van der Waals surface area contributed by atoms with E-state index in [1.165, 1.54) is 12.1 Å². The number of aryl methyl sites for hydroxylation is 1. The second-order valence-corrected chi connectivity index (χ2v) is 7.51. The van der Waals surface area contributed by atoms with Crippen molar-refractivity contribution >= 4 is 34.2 Å². The first-order valence-corrected chi connectivity index (χ1v) is 9.97. The van der Waals surface area contributed by atoms with E-state index in [9.17, 15) is 9.18 Å². The SMILES string of the molecule is O=C(O)CCc1ccc(NC(c2ccc(F)cc2)c2ccc3cc[nH]c3c2Cl)cc1. The van der Waals surface area contributed by atoms with Crippen LogP contribution >= 0.6 is 11.6 Å². The molecule has 0 fully saturated rings. The van der Waals surface area contributed by atoms with Gasteiger partial charge in [0.15, 0.2) is 0 Å². The van der Waals surface area contributed by atoms with Gasteiger partial charge in [-0.1, -0.05) is 48.0 Å². The second-order valence-electron chi connectivity index (χ2n) is 7.13. The quantitative estimate of drug-likeness (QED) is 0.333. The summed E-state index contributed by atoms with van der Waals surface area (Å²) in [4.78, 5) is 13.9. The van der Waals surface area contributed by atoms with Gasteiger partial charge in [0, 0.05) is 23.7 Å². The molecule has 0 spiro atoms. The lowest BCUT2D eigenvalue weighted by molar-refractivity contribution is -0.136. The zero-order valence-corrected chi connectivity index (χ0v) is 16.8. The average Bonchev–Trinajstić information content (AvgIpc) is 3.23. The number of carbonyl (C=O) groups is 1. The lowest BCUT2D eigenvalue weighted by atomic mass is 9.97. The fourth-order valence-electron chi connectivity index (χ4n) is 3.51. The first-order chi connectivity index (χ1) is 14.5. The molecule has 152 valence electrons. The Hall–Kier alpha value is -3.31. The van der Waals surface area contributed by atoms with Gasteiger partial charge in [-0.15, -0.1) is 0 Å². The van der Waals surface area contributed by atoms with Crippen LogP contribution in [-0.4, -0.2) is 16.1 Å². The van der Waals surface area contributed by atoms with Gasteiger partial charge in [0.05, 0.1) is 16.6 Å². The summed E-state index contributed by atoms with van der Waals surface area (Å²) >= 11 is 6.72. The van der Waals surface area contributed by atoms with E-state index < -0.39 is 5.97 Å². The van der Waals surface area contributed by atoms with Gasteiger partial charge in [-0.25, -0.2) is 4.39 Å². The van der Waals surface area contributed by atoms with Crippen LogP contribution in [0.25, 0.3) is 10.9 Å². The first-order valence-electron chi connectivity index (χ1n) is 9.59. The minimum atomic E-state index is -0.817. The number of hydrogen-bond donors (Lipinski definition) is 3. The van der Waals surface area contributed by atoms with E-state index in [4.69, 9.17) is 16.7 Å². The van der Waals surface area contributed by atoms with E-state index in [1.54, 1.807) is 12.1 Å². The van der Waals surface area contributed by atoms with Crippen molar-refractivity contribution in [2.24, 2.45) is 0 Å². The zero-order chi connectivity index (χ0) is 21.1. The van der Waals surface area contributed by atoms with Crippen molar-refractivity contribution < 1.29 is 14.3 Å². The van der Waals surface area contributed by atoms with Crippen molar-refractivity contribution in [1.29, 1.82) is 0 Å². The maximum atomic E-state index is 13.5. The van der Waals surface area contributed by atoms with Gasteiger partial charge in [-0.3, -0.25) is 4.79 Å². The number of halogens is 2. The molecular weight excluding hydrogens is 403 g/mol. The molecule has 0 aliphatic carbocycles. The highest BCUT2D eigenvalue weighted by Gasteiger charge is 2.19. The molecule has 6 heteroatoms. The van der Waals surface area contributed by atoms with Crippen molar-refractivity contribution in [3.63, 3.8) is 0 Å². The third-order valence-corrected chi connectivity index (χ3v) is 5.51.